The fraction of sp³-hybridized carbons (Fsp3) is 0.143. The molecule has 0 aromatic heterocycles. The zero-order valence-electron chi connectivity index (χ0n) is 6.31. The van der Waals surface area contributed by atoms with Crippen molar-refractivity contribution in [3.05, 3.63) is 30.3 Å². The van der Waals surface area contributed by atoms with E-state index in [-0.39, 0.29) is 0 Å². The summed E-state index contributed by atoms with van der Waals surface area (Å²) in [6, 6.07) is 8.86. The zero-order valence-corrected chi connectivity index (χ0v) is 6.31. The molecule has 0 aliphatic carbocycles. The topological polar surface area (TPSA) is 69.7 Å². The molecule has 1 aromatic rings. The van der Waals surface area contributed by atoms with Crippen LogP contribution in [-0.4, -0.2) is 17.4 Å². The van der Waals surface area contributed by atoms with Gasteiger partial charge in [0.1, 0.15) is 0 Å². The first-order chi connectivity index (χ1) is 5.30. The van der Waals surface area contributed by atoms with Crippen LogP contribution in [0.2, 0.25) is 0 Å². The molecule has 0 aliphatic heterocycles. The lowest BCUT2D eigenvalue weighted by Gasteiger charge is -2.07. The Kier molecular flexibility index (Phi) is 5.10. The molecule has 0 bridgehead atoms. The van der Waals surface area contributed by atoms with Gasteiger partial charge in [-0.05, 0) is 12.1 Å². The molecular formula is C7H12N2O2. The first kappa shape index (κ1) is 9.90. The maximum atomic E-state index is 8.63. The first-order valence-corrected chi connectivity index (χ1v) is 3.04. The summed E-state index contributed by atoms with van der Waals surface area (Å²) in [7, 11) is 1.00. The normalized spacial score (nSPS) is 8.00. The summed E-state index contributed by atoms with van der Waals surface area (Å²) in [6.45, 7) is 0. The van der Waals surface area contributed by atoms with Gasteiger partial charge in [0.2, 0.25) is 0 Å². The molecule has 4 heteroatoms. The standard InChI is InChI=1S/C6H8N2O.CH4O/c7-8(9)6-4-2-1-3-5-6;1-2/h1-5,9H,7H2;2H,1H3. The molecule has 4 N–H and O–H groups in total. The third-order valence-electron chi connectivity index (χ3n) is 1.02. The highest BCUT2D eigenvalue weighted by molar-refractivity contribution is 5.41. The molecule has 0 aliphatic rings. The molecule has 0 amide bonds. The number of nitrogens with zero attached hydrogens (tertiary/aromatic N) is 1. The molecule has 1 aromatic carbocycles. The number of aliphatic hydroxyl groups excluding tert-OH is 1. The number of anilines is 1. The number of nitrogens with two attached hydrogens (primary N) is 1. The van der Waals surface area contributed by atoms with E-state index in [2.05, 4.69) is 0 Å². The fourth-order valence-electron chi connectivity index (χ4n) is 0.581. The minimum absolute atomic E-state index is 0.581. The van der Waals surface area contributed by atoms with Crippen molar-refractivity contribution in [2.24, 2.45) is 5.84 Å². The van der Waals surface area contributed by atoms with Gasteiger partial charge in [0.15, 0.2) is 0 Å². The van der Waals surface area contributed by atoms with Crippen molar-refractivity contribution in [3.63, 3.8) is 0 Å². The highest BCUT2D eigenvalue weighted by Gasteiger charge is 1.90. The Balaban J connectivity index is 0.000000461. The Morgan fingerprint density at radius 2 is 1.64 bits per heavy atom. The molecule has 0 saturated heterocycles. The summed E-state index contributed by atoms with van der Waals surface area (Å²) >= 11 is 0. The summed E-state index contributed by atoms with van der Waals surface area (Å²) in [5.41, 5.74) is 0.581. The van der Waals surface area contributed by atoms with Crippen LogP contribution in [-0.2, 0) is 0 Å². The largest absolute Gasteiger partial charge is 0.400 e. The summed E-state index contributed by atoms with van der Waals surface area (Å²) < 4.78 is 0. The van der Waals surface area contributed by atoms with E-state index in [1.54, 1.807) is 24.3 Å². The maximum Gasteiger partial charge on any atom is 0.0817 e. The smallest absolute Gasteiger partial charge is 0.0817 e. The molecule has 0 unspecified atom stereocenters. The zero-order chi connectivity index (χ0) is 8.69. The van der Waals surface area contributed by atoms with Crippen LogP contribution < -0.4 is 11.0 Å². The summed E-state index contributed by atoms with van der Waals surface area (Å²) in [5.74, 6) is 5.00. The van der Waals surface area contributed by atoms with Crippen LogP contribution in [0.1, 0.15) is 0 Å². The number of hydrogen-bond acceptors (Lipinski definition) is 4. The predicted molar refractivity (Wildman–Crippen MR) is 43.0 cm³/mol. The monoisotopic (exact) mass is 156 g/mol. The van der Waals surface area contributed by atoms with Gasteiger partial charge >= 0.3 is 0 Å². The van der Waals surface area contributed by atoms with Crippen molar-refractivity contribution in [2.75, 3.05) is 12.3 Å². The van der Waals surface area contributed by atoms with Gasteiger partial charge in [0.05, 0.1) is 5.69 Å². The van der Waals surface area contributed by atoms with Crippen LogP contribution in [0.5, 0.6) is 0 Å². The maximum absolute atomic E-state index is 8.63. The van der Waals surface area contributed by atoms with E-state index in [0.29, 0.717) is 10.9 Å². The Labute approximate surface area is 65.4 Å². The van der Waals surface area contributed by atoms with E-state index in [0.717, 1.165) is 7.11 Å². The fourth-order valence-corrected chi connectivity index (χ4v) is 0.581. The molecule has 11 heavy (non-hydrogen) atoms. The van der Waals surface area contributed by atoms with Gasteiger partial charge in [-0.3, -0.25) is 5.21 Å². The second kappa shape index (κ2) is 5.67. The van der Waals surface area contributed by atoms with Crippen LogP contribution in [0.25, 0.3) is 0 Å². The molecule has 0 fully saturated rings. The molecular weight excluding hydrogens is 144 g/mol. The molecule has 0 saturated carbocycles. The predicted octanol–water partition coefficient (Wildman–Crippen LogP) is 0.364. The van der Waals surface area contributed by atoms with Crippen LogP contribution >= 0.6 is 0 Å². The van der Waals surface area contributed by atoms with Crippen molar-refractivity contribution in [2.45, 2.75) is 0 Å². The quantitative estimate of drug-likeness (QED) is 0.405. The second-order valence-electron chi connectivity index (χ2n) is 1.68. The number of aliphatic hydroxyl groups is 1. The highest BCUT2D eigenvalue weighted by atomic mass is 16.5. The van der Waals surface area contributed by atoms with Crippen LogP contribution in [0.4, 0.5) is 5.69 Å². The Morgan fingerprint density at radius 1 is 1.18 bits per heavy atom. The van der Waals surface area contributed by atoms with Crippen LogP contribution in [0.3, 0.4) is 0 Å². The Hall–Kier alpha value is -1.10. The lowest BCUT2D eigenvalue weighted by atomic mass is 10.3. The van der Waals surface area contributed by atoms with Crippen molar-refractivity contribution >= 4 is 5.69 Å². The second-order valence-corrected chi connectivity index (χ2v) is 1.68. The van der Waals surface area contributed by atoms with Gasteiger partial charge in [-0.2, -0.15) is 5.17 Å². The van der Waals surface area contributed by atoms with Crippen molar-refractivity contribution < 1.29 is 10.3 Å². The molecule has 62 valence electrons. The lowest BCUT2D eigenvalue weighted by Crippen LogP contribution is -2.25. The number of benzene rings is 1. The molecule has 1 rings (SSSR count). The molecule has 0 heterocycles. The van der Waals surface area contributed by atoms with Crippen LogP contribution in [0.15, 0.2) is 30.3 Å². The minimum Gasteiger partial charge on any atom is -0.400 e. The van der Waals surface area contributed by atoms with Gasteiger partial charge < -0.3 is 5.11 Å². The van der Waals surface area contributed by atoms with E-state index in [4.69, 9.17) is 16.2 Å². The van der Waals surface area contributed by atoms with Gasteiger partial charge in [-0.25, -0.2) is 5.84 Å². The first-order valence-electron chi connectivity index (χ1n) is 3.04. The van der Waals surface area contributed by atoms with Crippen molar-refractivity contribution in [3.8, 4) is 0 Å². The van der Waals surface area contributed by atoms with Gasteiger partial charge in [0, 0.05) is 7.11 Å². The minimum atomic E-state index is 0.581. The number of hydrogen-bond donors (Lipinski definition) is 3. The van der Waals surface area contributed by atoms with Crippen LogP contribution in [0, 0.1) is 0 Å². The van der Waals surface area contributed by atoms with E-state index >= 15 is 0 Å². The Bertz CT molecular complexity index is 177. The lowest BCUT2D eigenvalue weighted by molar-refractivity contribution is 0.258. The highest BCUT2D eigenvalue weighted by Crippen LogP contribution is 2.05. The molecule has 0 spiro atoms. The van der Waals surface area contributed by atoms with E-state index < -0.39 is 0 Å². The van der Waals surface area contributed by atoms with E-state index in [1.165, 1.54) is 0 Å². The van der Waals surface area contributed by atoms with E-state index in [9.17, 15) is 0 Å². The average Bonchev–Trinajstić information content (AvgIpc) is 2.10. The number of para-hydroxylation sites is 1. The number of rotatable bonds is 1. The van der Waals surface area contributed by atoms with Gasteiger partial charge in [0.25, 0.3) is 0 Å². The van der Waals surface area contributed by atoms with Gasteiger partial charge in [-0.15, -0.1) is 0 Å². The van der Waals surface area contributed by atoms with Crippen molar-refractivity contribution in [1.82, 2.24) is 0 Å². The molecule has 4 nitrogen and oxygen atoms in total. The molecule has 0 atom stereocenters. The summed E-state index contributed by atoms with van der Waals surface area (Å²) in [5, 5.41) is 16.2. The summed E-state index contributed by atoms with van der Waals surface area (Å²) in [6.07, 6.45) is 0. The average molecular weight is 156 g/mol. The number of hydrazine groups is 1. The third-order valence-corrected chi connectivity index (χ3v) is 1.02. The molecule has 0 radical (unpaired) electrons. The van der Waals surface area contributed by atoms with E-state index in [1.807, 2.05) is 6.07 Å². The van der Waals surface area contributed by atoms with Gasteiger partial charge in [-0.1, -0.05) is 18.2 Å². The SMILES string of the molecule is CO.NN(O)c1ccccc1. The summed E-state index contributed by atoms with van der Waals surface area (Å²) in [4.78, 5) is 0. The van der Waals surface area contributed by atoms with Crippen molar-refractivity contribution in [1.29, 1.82) is 0 Å². The Morgan fingerprint density at radius 3 is 1.91 bits per heavy atom. The third kappa shape index (κ3) is 3.57.